The van der Waals surface area contributed by atoms with Crippen LogP contribution < -0.4 is 14.2 Å². The molecule has 5 nitrogen and oxygen atoms in total. The number of nitrogens with zero attached hydrogens (tertiary/aromatic N) is 1. The fourth-order valence-corrected chi connectivity index (χ4v) is 4.10. The molecule has 0 N–H and O–H groups in total. The van der Waals surface area contributed by atoms with Crippen molar-refractivity contribution in [2.75, 3.05) is 27.9 Å². The fraction of sp³-hybridized carbons (Fsp3) is 0.240. The van der Waals surface area contributed by atoms with Gasteiger partial charge in [-0.3, -0.25) is 4.79 Å². The van der Waals surface area contributed by atoms with Crippen LogP contribution in [0.15, 0.2) is 60.7 Å². The van der Waals surface area contributed by atoms with Crippen LogP contribution in [0.2, 0.25) is 0 Å². The van der Waals surface area contributed by atoms with Gasteiger partial charge in [0.1, 0.15) is 11.6 Å². The molecule has 1 heterocycles. The Morgan fingerprint density at radius 1 is 0.935 bits per heavy atom. The number of halogens is 1. The summed E-state index contributed by atoms with van der Waals surface area (Å²) in [6.07, 6.45) is 0.656. The molecule has 1 amide bonds. The summed E-state index contributed by atoms with van der Waals surface area (Å²) in [5, 5.41) is 0. The molecule has 0 aromatic heterocycles. The Morgan fingerprint density at radius 3 is 2.29 bits per heavy atom. The largest absolute Gasteiger partial charge is 0.497 e. The third-order valence-corrected chi connectivity index (χ3v) is 5.64. The number of amides is 1. The third kappa shape index (κ3) is 3.93. The molecule has 0 bridgehead atoms. The highest BCUT2D eigenvalue weighted by molar-refractivity contribution is 5.95. The lowest BCUT2D eigenvalue weighted by Gasteiger charge is -2.38. The summed E-state index contributed by atoms with van der Waals surface area (Å²) in [5.74, 6) is 1.32. The Morgan fingerprint density at radius 2 is 1.65 bits per heavy atom. The van der Waals surface area contributed by atoms with Gasteiger partial charge in [-0.1, -0.05) is 18.2 Å². The molecular weight excluding hydrogens is 397 g/mol. The van der Waals surface area contributed by atoms with Crippen LogP contribution in [0.1, 0.15) is 33.1 Å². The molecule has 0 fully saturated rings. The molecule has 3 aromatic carbocycles. The van der Waals surface area contributed by atoms with E-state index in [1.165, 1.54) is 12.1 Å². The van der Waals surface area contributed by atoms with Crippen LogP contribution in [0, 0.1) is 5.82 Å². The summed E-state index contributed by atoms with van der Waals surface area (Å²) >= 11 is 0. The summed E-state index contributed by atoms with van der Waals surface area (Å²) in [6.45, 7) is 0.495. The first kappa shape index (κ1) is 20.7. The minimum absolute atomic E-state index is 0.222. The van der Waals surface area contributed by atoms with Crippen molar-refractivity contribution < 1.29 is 23.4 Å². The molecule has 31 heavy (non-hydrogen) atoms. The van der Waals surface area contributed by atoms with Gasteiger partial charge in [0, 0.05) is 12.1 Å². The highest BCUT2D eigenvalue weighted by atomic mass is 19.1. The van der Waals surface area contributed by atoms with E-state index < -0.39 is 5.82 Å². The van der Waals surface area contributed by atoms with Crippen molar-refractivity contribution in [1.29, 1.82) is 0 Å². The number of rotatable bonds is 5. The lowest BCUT2D eigenvalue weighted by atomic mass is 9.87. The molecule has 4 rings (SSSR count). The predicted molar refractivity (Wildman–Crippen MR) is 116 cm³/mol. The van der Waals surface area contributed by atoms with Gasteiger partial charge in [-0.05, 0) is 65.6 Å². The molecule has 1 atom stereocenters. The van der Waals surface area contributed by atoms with E-state index in [0.29, 0.717) is 30.0 Å². The number of carbonyl (C=O) groups is 1. The van der Waals surface area contributed by atoms with Crippen LogP contribution in [0.3, 0.4) is 0 Å². The molecular formula is C25H24FNO4. The zero-order chi connectivity index (χ0) is 22.0. The Labute approximate surface area is 181 Å². The number of benzene rings is 3. The standard InChI is InChI=1S/C25H24FNO4/c1-29-20-9-7-16(8-10-20)24-21-15-23(31-3)22(30-2)14-17(21)11-12-27(24)25(28)18-5-4-6-19(26)13-18/h4-10,13-15,24H,11-12H2,1-3H3/t24-/m1/s1. The number of carbonyl (C=O) groups excluding carboxylic acids is 1. The second kappa shape index (κ2) is 8.68. The third-order valence-electron chi connectivity index (χ3n) is 5.64. The van der Waals surface area contributed by atoms with E-state index in [1.54, 1.807) is 38.4 Å². The van der Waals surface area contributed by atoms with Gasteiger partial charge in [0.25, 0.3) is 5.91 Å². The first-order valence-electron chi connectivity index (χ1n) is 10.0. The second-order valence-electron chi connectivity index (χ2n) is 7.34. The number of methoxy groups -OCH3 is 3. The van der Waals surface area contributed by atoms with Gasteiger partial charge in [-0.25, -0.2) is 4.39 Å². The van der Waals surface area contributed by atoms with Crippen molar-refractivity contribution in [3.63, 3.8) is 0 Å². The van der Waals surface area contributed by atoms with E-state index in [9.17, 15) is 9.18 Å². The zero-order valence-electron chi connectivity index (χ0n) is 17.7. The monoisotopic (exact) mass is 421 g/mol. The van der Waals surface area contributed by atoms with Gasteiger partial charge in [0.2, 0.25) is 0 Å². The van der Waals surface area contributed by atoms with Gasteiger partial charge < -0.3 is 19.1 Å². The van der Waals surface area contributed by atoms with E-state index in [4.69, 9.17) is 14.2 Å². The first-order valence-corrected chi connectivity index (χ1v) is 10.0. The van der Waals surface area contributed by atoms with Crippen LogP contribution in [-0.4, -0.2) is 38.7 Å². The fourth-order valence-electron chi connectivity index (χ4n) is 4.10. The molecule has 6 heteroatoms. The van der Waals surface area contributed by atoms with Crippen molar-refractivity contribution in [3.05, 3.63) is 88.7 Å². The maximum Gasteiger partial charge on any atom is 0.254 e. The molecule has 1 aliphatic heterocycles. The number of ether oxygens (including phenoxy) is 3. The van der Waals surface area contributed by atoms with Gasteiger partial charge >= 0.3 is 0 Å². The first-order chi connectivity index (χ1) is 15.0. The molecule has 0 radical (unpaired) electrons. The lowest BCUT2D eigenvalue weighted by molar-refractivity contribution is 0.0693. The van der Waals surface area contributed by atoms with E-state index in [-0.39, 0.29) is 11.9 Å². The number of fused-ring (bicyclic) bond motifs is 1. The summed E-state index contributed by atoms with van der Waals surface area (Å²) < 4.78 is 30.1. The summed E-state index contributed by atoms with van der Waals surface area (Å²) in [7, 11) is 4.81. The minimum Gasteiger partial charge on any atom is -0.497 e. The van der Waals surface area contributed by atoms with Crippen molar-refractivity contribution in [2.45, 2.75) is 12.5 Å². The highest BCUT2D eigenvalue weighted by Crippen LogP contribution is 2.41. The van der Waals surface area contributed by atoms with Gasteiger partial charge in [-0.15, -0.1) is 0 Å². The zero-order valence-corrected chi connectivity index (χ0v) is 17.7. The maximum atomic E-state index is 13.8. The van der Waals surface area contributed by atoms with Crippen molar-refractivity contribution in [1.82, 2.24) is 4.90 Å². The molecule has 0 unspecified atom stereocenters. The van der Waals surface area contributed by atoms with E-state index in [1.807, 2.05) is 36.4 Å². The van der Waals surface area contributed by atoms with Gasteiger partial charge in [0.05, 0.1) is 27.4 Å². The summed E-state index contributed by atoms with van der Waals surface area (Å²) in [6, 6.07) is 17.0. The topological polar surface area (TPSA) is 48.0 Å². The Kier molecular flexibility index (Phi) is 5.80. The molecule has 0 spiro atoms. The number of hydrogen-bond acceptors (Lipinski definition) is 4. The SMILES string of the molecule is COc1ccc([C@@H]2c3cc(OC)c(OC)cc3CCN2C(=O)c2cccc(F)c2)cc1. The van der Waals surface area contributed by atoms with E-state index in [2.05, 4.69) is 0 Å². The Balaban J connectivity index is 1.84. The van der Waals surface area contributed by atoms with Crippen LogP contribution in [0.5, 0.6) is 17.2 Å². The van der Waals surface area contributed by atoms with E-state index >= 15 is 0 Å². The van der Waals surface area contributed by atoms with Gasteiger partial charge in [0.15, 0.2) is 11.5 Å². The average molecular weight is 421 g/mol. The van der Waals surface area contributed by atoms with Gasteiger partial charge in [-0.2, -0.15) is 0 Å². The van der Waals surface area contributed by atoms with Crippen LogP contribution in [0.4, 0.5) is 4.39 Å². The van der Waals surface area contributed by atoms with Crippen molar-refractivity contribution >= 4 is 5.91 Å². The van der Waals surface area contributed by atoms with Crippen LogP contribution in [-0.2, 0) is 6.42 Å². The molecule has 160 valence electrons. The maximum absolute atomic E-state index is 13.8. The second-order valence-corrected chi connectivity index (χ2v) is 7.34. The van der Waals surface area contributed by atoms with Crippen molar-refractivity contribution in [3.8, 4) is 17.2 Å². The summed E-state index contributed by atoms with van der Waals surface area (Å²) in [5.41, 5.74) is 3.29. The van der Waals surface area contributed by atoms with Crippen molar-refractivity contribution in [2.24, 2.45) is 0 Å². The molecule has 0 saturated heterocycles. The van der Waals surface area contributed by atoms with Crippen LogP contribution in [0.25, 0.3) is 0 Å². The smallest absolute Gasteiger partial charge is 0.254 e. The molecule has 3 aromatic rings. The minimum atomic E-state index is -0.435. The normalized spacial score (nSPS) is 15.2. The predicted octanol–water partition coefficient (Wildman–Crippen LogP) is 4.64. The number of hydrogen-bond donors (Lipinski definition) is 0. The van der Waals surface area contributed by atoms with E-state index in [0.717, 1.165) is 22.4 Å². The highest BCUT2D eigenvalue weighted by Gasteiger charge is 2.34. The Hall–Kier alpha value is -3.54. The molecule has 0 saturated carbocycles. The quantitative estimate of drug-likeness (QED) is 0.602. The summed E-state index contributed by atoms with van der Waals surface area (Å²) in [4.78, 5) is 15.2. The Bertz CT molecular complexity index is 1100. The lowest BCUT2D eigenvalue weighted by Crippen LogP contribution is -2.40. The van der Waals surface area contributed by atoms with Crippen LogP contribution >= 0.6 is 0 Å². The molecule has 1 aliphatic rings. The molecule has 0 aliphatic carbocycles. The average Bonchev–Trinajstić information content (AvgIpc) is 2.82.